The van der Waals surface area contributed by atoms with Crippen LogP contribution in [0.2, 0.25) is 0 Å². The Kier molecular flexibility index (Phi) is 3.50. The van der Waals surface area contributed by atoms with Crippen molar-refractivity contribution in [1.29, 1.82) is 0 Å². The molecule has 4 nitrogen and oxygen atoms in total. The van der Waals surface area contributed by atoms with E-state index in [-0.39, 0.29) is 0 Å². The molecule has 2 rings (SSSR count). The molecule has 82 valence electrons. The summed E-state index contributed by atoms with van der Waals surface area (Å²) in [5.41, 5.74) is 0.955. The van der Waals surface area contributed by atoms with Crippen LogP contribution in [0.1, 0.15) is 25.0 Å². The monoisotopic (exact) mass is 206 g/mol. The lowest BCUT2D eigenvalue weighted by molar-refractivity contribution is 0.414. The number of nitrogens with zero attached hydrogens (tertiary/aromatic N) is 2. The molecule has 0 spiro atoms. The topological polar surface area (TPSA) is 49.8 Å². The number of anilines is 1. The van der Waals surface area contributed by atoms with Gasteiger partial charge in [0.2, 0.25) is 0 Å². The van der Waals surface area contributed by atoms with Crippen molar-refractivity contribution >= 4 is 5.82 Å². The van der Waals surface area contributed by atoms with Gasteiger partial charge >= 0.3 is 0 Å². The fourth-order valence-electron chi connectivity index (χ4n) is 1.82. The maximum Gasteiger partial charge on any atom is 0.148 e. The Morgan fingerprint density at radius 2 is 2.33 bits per heavy atom. The maximum absolute atomic E-state index is 4.07. The SMILES string of the molecule is Cc1ccc(NC[C@@H]2CCCCN2)nn1. The van der Waals surface area contributed by atoms with Crippen molar-refractivity contribution < 1.29 is 0 Å². The first-order chi connectivity index (χ1) is 7.34. The highest BCUT2D eigenvalue weighted by Gasteiger charge is 2.11. The Morgan fingerprint density at radius 3 is 3.00 bits per heavy atom. The third kappa shape index (κ3) is 3.16. The zero-order valence-electron chi connectivity index (χ0n) is 9.16. The minimum atomic E-state index is 0.585. The Morgan fingerprint density at radius 1 is 1.40 bits per heavy atom. The van der Waals surface area contributed by atoms with Crippen molar-refractivity contribution in [2.45, 2.75) is 32.2 Å². The molecule has 2 N–H and O–H groups in total. The summed E-state index contributed by atoms with van der Waals surface area (Å²) in [6.45, 7) is 4.03. The van der Waals surface area contributed by atoms with Crippen LogP contribution in [0.5, 0.6) is 0 Å². The standard InChI is InChI=1S/C11H18N4/c1-9-5-6-11(15-14-9)13-8-10-4-2-3-7-12-10/h5-6,10,12H,2-4,7-8H2,1H3,(H,13,15)/t10-/m0/s1. The van der Waals surface area contributed by atoms with Crippen LogP contribution in [0.4, 0.5) is 5.82 Å². The van der Waals surface area contributed by atoms with Crippen LogP contribution >= 0.6 is 0 Å². The van der Waals surface area contributed by atoms with E-state index in [4.69, 9.17) is 0 Å². The molecule has 15 heavy (non-hydrogen) atoms. The van der Waals surface area contributed by atoms with E-state index in [0.29, 0.717) is 6.04 Å². The summed E-state index contributed by atoms with van der Waals surface area (Å²) >= 11 is 0. The highest BCUT2D eigenvalue weighted by atomic mass is 15.2. The molecule has 0 aliphatic carbocycles. The first kappa shape index (κ1) is 10.4. The summed E-state index contributed by atoms with van der Waals surface area (Å²) in [6, 6.07) is 4.54. The second kappa shape index (κ2) is 5.07. The molecule has 2 heterocycles. The molecule has 0 radical (unpaired) electrons. The summed E-state index contributed by atoms with van der Waals surface area (Å²) in [6.07, 6.45) is 3.89. The van der Waals surface area contributed by atoms with Gasteiger partial charge in [0.05, 0.1) is 5.69 Å². The van der Waals surface area contributed by atoms with Crippen molar-refractivity contribution in [3.8, 4) is 0 Å². The molecular weight excluding hydrogens is 188 g/mol. The molecule has 0 saturated carbocycles. The van der Waals surface area contributed by atoms with Gasteiger partial charge in [-0.15, -0.1) is 5.10 Å². The number of piperidine rings is 1. The molecule has 1 atom stereocenters. The molecule has 0 aromatic carbocycles. The molecular formula is C11H18N4. The number of nitrogens with one attached hydrogen (secondary N) is 2. The number of rotatable bonds is 3. The number of aromatic nitrogens is 2. The van der Waals surface area contributed by atoms with Gasteiger partial charge in [-0.25, -0.2) is 0 Å². The summed E-state index contributed by atoms with van der Waals surface area (Å²) < 4.78 is 0. The van der Waals surface area contributed by atoms with Crippen LogP contribution in [0, 0.1) is 6.92 Å². The molecule has 1 aromatic rings. The molecule has 1 aromatic heterocycles. The second-order valence-corrected chi connectivity index (χ2v) is 4.09. The van der Waals surface area contributed by atoms with E-state index in [1.165, 1.54) is 19.3 Å². The van der Waals surface area contributed by atoms with E-state index in [9.17, 15) is 0 Å². The van der Waals surface area contributed by atoms with Gasteiger partial charge in [0.1, 0.15) is 5.82 Å². The maximum atomic E-state index is 4.07. The van der Waals surface area contributed by atoms with Gasteiger partial charge in [0, 0.05) is 12.6 Å². The summed E-state index contributed by atoms with van der Waals surface area (Å²) in [5, 5.41) is 14.9. The number of hydrogen-bond donors (Lipinski definition) is 2. The smallest absolute Gasteiger partial charge is 0.148 e. The lowest BCUT2D eigenvalue weighted by Gasteiger charge is -2.23. The Labute approximate surface area is 90.5 Å². The Bertz CT molecular complexity index is 290. The van der Waals surface area contributed by atoms with Gasteiger partial charge < -0.3 is 10.6 Å². The van der Waals surface area contributed by atoms with Crippen molar-refractivity contribution in [2.75, 3.05) is 18.4 Å². The van der Waals surface area contributed by atoms with E-state index in [0.717, 1.165) is 24.6 Å². The zero-order valence-corrected chi connectivity index (χ0v) is 9.16. The largest absolute Gasteiger partial charge is 0.367 e. The molecule has 1 saturated heterocycles. The fraction of sp³-hybridized carbons (Fsp3) is 0.636. The lowest BCUT2D eigenvalue weighted by Crippen LogP contribution is -2.39. The molecule has 1 fully saturated rings. The Balaban J connectivity index is 1.79. The summed E-state index contributed by atoms with van der Waals surface area (Å²) in [4.78, 5) is 0. The predicted molar refractivity (Wildman–Crippen MR) is 60.9 cm³/mol. The van der Waals surface area contributed by atoms with E-state index >= 15 is 0 Å². The molecule has 0 bridgehead atoms. The van der Waals surface area contributed by atoms with Crippen molar-refractivity contribution in [3.63, 3.8) is 0 Å². The van der Waals surface area contributed by atoms with Crippen molar-refractivity contribution in [2.24, 2.45) is 0 Å². The highest BCUT2D eigenvalue weighted by Crippen LogP contribution is 2.08. The average Bonchev–Trinajstić information content (AvgIpc) is 2.30. The van der Waals surface area contributed by atoms with E-state index in [2.05, 4.69) is 20.8 Å². The first-order valence-corrected chi connectivity index (χ1v) is 5.62. The van der Waals surface area contributed by atoms with Gasteiger partial charge in [-0.05, 0) is 38.4 Å². The average molecular weight is 206 g/mol. The summed E-state index contributed by atoms with van der Waals surface area (Å²) in [5.74, 6) is 0.868. The lowest BCUT2D eigenvalue weighted by atomic mass is 10.1. The molecule has 0 unspecified atom stereocenters. The van der Waals surface area contributed by atoms with Gasteiger partial charge in [-0.1, -0.05) is 6.42 Å². The van der Waals surface area contributed by atoms with E-state index in [1.807, 2.05) is 19.1 Å². The quantitative estimate of drug-likeness (QED) is 0.783. The fourth-order valence-corrected chi connectivity index (χ4v) is 1.82. The molecule has 1 aliphatic heterocycles. The number of aryl methyl sites for hydroxylation is 1. The van der Waals surface area contributed by atoms with Crippen LogP contribution in [0.25, 0.3) is 0 Å². The highest BCUT2D eigenvalue weighted by molar-refractivity contribution is 5.32. The molecule has 4 heteroatoms. The zero-order chi connectivity index (χ0) is 10.5. The second-order valence-electron chi connectivity index (χ2n) is 4.09. The van der Waals surface area contributed by atoms with Gasteiger partial charge in [-0.2, -0.15) is 5.10 Å². The van der Waals surface area contributed by atoms with Crippen molar-refractivity contribution in [3.05, 3.63) is 17.8 Å². The van der Waals surface area contributed by atoms with Gasteiger partial charge in [0.15, 0.2) is 0 Å². The third-order valence-corrected chi connectivity index (χ3v) is 2.74. The van der Waals surface area contributed by atoms with Crippen LogP contribution in [-0.2, 0) is 0 Å². The van der Waals surface area contributed by atoms with E-state index in [1.54, 1.807) is 0 Å². The molecule has 1 aliphatic rings. The minimum absolute atomic E-state index is 0.585. The third-order valence-electron chi connectivity index (χ3n) is 2.74. The molecule has 0 amide bonds. The minimum Gasteiger partial charge on any atom is -0.367 e. The van der Waals surface area contributed by atoms with Crippen LogP contribution in [-0.4, -0.2) is 29.3 Å². The van der Waals surface area contributed by atoms with Crippen LogP contribution in [0.15, 0.2) is 12.1 Å². The Hall–Kier alpha value is -1.16. The summed E-state index contributed by atoms with van der Waals surface area (Å²) in [7, 11) is 0. The van der Waals surface area contributed by atoms with E-state index < -0.39 is 0 Å². The van der Waals surface area contributed by atoms with Crippen molar-refractivity contribution in [1.82, 2.24) is 15.5 Å². The first-order valence-electron chi connectivity index (χ1n) is 5.62. The van der Waals surface area contributed by atoms with Gasteiger partial charge in [0.25, 0.3) is 0 Å². The number of hydrogen-bond acceptors (Lipinski definition) is 4. The van der Waals surface area contributed by atoms with Crippen LogP contribution in [0.3, 0.4) is 0 Å². The predicted octanol–water partition coefficient (Wildman–Crippen LogP) is 1.34. The van der Waals surface area contributed by atoms with Crippen LogP contribution < -0.4 is 10.6 Å². The normalized spacial score (nSPS) is 21.3. The van der Waals surface area contributed by atoms with Gasteiger partial charge in [-0.3, -0.25) is 0 Å².